The topological polar surface area (TPSA) is 55.5 Å². The van der Waals surface area contributed by atoms with Crippen LogP contribution in [0.25, 0.3) is 0 Å². The van der Waals surface area contributed by atoms with E-state index in [0.29, 0.717) is 0 Å². The molecule has 3 heteroatoms. The first-order valence-electron chi connectivity index (χ1n) is 6.46. The molecule has 0 heterocycles. The molecule has 19 heavy (non-hydrogen) atoms. The maximum atomic E-state index is 8.97. The summed E-state index contributed by atoms with van der Waals surface area (Å²) in [5, 5.41) is 8.97. The molecule has 0 saturated heterocycles. The van der Waals surface area contributed by atoms with Crippen molar-refractivity contribution in [2.45, 2.75) is 26.0 Å². The summed E-state index contributed by atoms with van der Waals surface area (Å²) in [6, 6.07) is 15.3. The quantitative estimate of drug-likeness (QED) is 0.863. The van der Waals surface area contributed by atoms with Crippen LogP contribution in [0, 0.1) is 0 Å². The number of rotatable bonds is 5. The highest BCUT2D eigenvalue weighted by atomic mass is 16.5. The SMILES string of the molecule is CC[C@@H](N)c1ccc(Oc2ccc(CO)cc2)cc1. The van der Waals surface area contributed by atoms with Crippen molar-refractivity contribution in [1.29, 1.82) is 0 Å². The smallest absolute Gasteiger partial charge is 0.127 e. The van der Waals surface area contributed by atoms with Crippen molar-refractivity contribution in [3.8, 4) is 11.5 Å². The van der Waals surface area contributed by atoms with Crippen LogP contribution in [0.3, 0.4) is 0 Å². The monoisotopic (exact) mass is 257 g/mol. The van der Waals surface area contributed by atoms with Crippen molar-refractivity contribution < 1.29 is 9.84 Å². The summed E-state index contributed by atoms with van der Waals surface area (Å²) >= 11 is 0. The molecule has 0 unspecified atom stereocenters. The first-order chi connectivity index (χ1) is 9.22. The van der Waals surface area contributed by atoms with Gasteiger partial charge in [-0.25, -0.2) is 0 Å². The lowest BCUT2D eigenvalue weighted by Gasteiger charge is -2.10. The summed E-state index contributed by atoms with van der Waals surface area (Å²) in [6.07, 6.45) is 0.919. The minimum Gasteiger partial charge on any atom is -0.457 e. The fraction of sp³-hybridized carbons (Fsp3) is 0.250. The number of ether oxygens (including phenoxy) is 1. The molecule has 3 nitrogen and oxygen atoms in total. The Balaban J connectivity index is 2.06. The van der Waals surface area contributed by atoms with Crippen LogP contribution in [0.5, 0.6) is 11.5 Å². The molecule has 2 rings (SSSR count). The minimum absolute atomic E-state index is 0.0455. The highest BCUT2D eigenvalue weighted by Gasteiger charge is 2.03. The van der Waals surface area contributed by atoms with Gasteiger partial charge in [0.1, 0.15) is 11.5 Å². The minimum atomic E-state index is 0.0455. The van der Waals surface area contributed by atoms with E-state index in [0.717, 1.165) is 29.0 Å². The molecule has 0 amide bonds. The Hall–Kier alpha value is -1.84. The molecule has 0 aliphatic rings. The van der Waals surface area contributed by atoms with E-state index < -0.39 is 0 Å². The molecule has 0 aliphatic heterocycles. The summed E-state index contributed by atoms with van der Waals surface area (Å²) in [4.78, 5) is 0. The second-order valence-electron chi connectivity index (χ2n) is 4.49. The Bertz CT molecular complexity index is 505. The summed E-state index contributed by atoms with van der Waals surface area (Å²) in [5.41, 5.74) is 7.95. The van der Waals surface area contributed by atoms with Crippen LogP contribution >= 0.6 is 0 Å². The first kappa shape index (κ1) is 13.6. The molecule has 0 radical (unpaired) electrons. The standard InChI is InChI=1S/C16H19NO2/c1-2-16(17)13-5-9-15(10-6-13)19-14-7-3-12(11-18)4-8-14/h3-10,16,18H,2,11,17H2,1H3/t16-/m1/s1. The van der Waals surface area contributed by atoms with E-state index in [1.807, 2.05) is 48.5 Å². The van der Waals surface area contributed by atoms with Crippen molar-refractivity contribution in [2.75, 3.05) is 0 Å². The Kier molecular flexibility index (Phi) is 4.55. The maximum Gasteiger partial charge on any atom is 0.127 e. The summed E-state index contributed by atoms with van der Waals surface area (Å²) in [6.45, 7) is 2.11. The normalized spacial score (nSPS) is 12.2. The number of aliphatic hydroxyl groups is 1. The van der Waals surface area contributed by atoms with Crippen molar-refractivity contribution in [3.05, 3.63) is 59.7 Å². The molecule has 0 spiro atoms. The summed E-state index contributed by atoms with van der Waals surface area (Å²) in [5.74, 6) is 1.54. The fourth-order valence-corrected chi connectivity index (χ4v) is 1.82. The fourth-order valence-electron chi connectivity index (χ4n) is 1.82. The van der Waals surface area contributed by atoms with Crippen LogP contribution in [0.1, 0.15) is 30.5 Å². The predicted molar refractivity (Wildman–Crippen MR) is 76.1 cm³/mol. The van der Waals surface area contributed by atoms with Crippen LogP contribution < -0.4 is 10.5 Å². The van der Waals surface area contributed by atoms with Gasteiger partial charge in [0.15, 0.2) is 0 Å². The van der Waals surface area contributed by atoms with Crippen molar-refractivity contribution in [3.63, 3.8) is 0 Å². The zero-order chi connectivity index (χ0) is 13.7. The number of nitrogens with two attached hydrogens (primary N) is 1. The van der Waals surface area contributed by atoms with Crippen molar-refractivity contribution >= 4 is 0 Å². The van der Waals surface area contributed by atoms with Crippen molar-refractivity contribution in [1.82, 2.24) is 0 Å². The summed E-state index contributed by atoms with van der Waals surface area (Å²) in [7, 11) is 0. The third-order valence-corrected chi connectivity index (χ3v) is 3.09. The van der Waals surface area contributed by atoms with E-state index in [1.165, 1.54) is 0 Å². The van der Waals surface area contributed by atoms with E-state index in [2.05, 4.69) is 6.92 Å². The Morgan fingerprint density at radius 3 is 2.00 bits per heavy atom. The lowest BCUT2D eigenvalue weighted by Crippen LogP contribution is -2.07. The van der Waals surface area contributed by atoms with E-state index in [-0.39, 0.29) is 12.6 Å². The molecule has 3 N–H and O–H groups in total. The van der Waals surface area contributed by atoms with Gasteiger partial charge in [-0.05, 0) is 41.8 Å². The molecule has 0 saturated carbocycles. The number of hydrogen-bond acceptors (Lipinski definition) is 3. The van der Waals surface area contributed by atoms with Crippen molar-refractivity contribution in [2.24, 2.45) is 5.73 Å². The van der Waals surface area contributed by atoms with Gasteiger partial charge in [0.25, 0.3) is 0 Å². The lowest BCUT2D eigenvalue weighted by molar-refractivity contribution is 0.281. The van der Waals surface area contributed by atoms with E-state index in [9.17, 15) is 0 Å². The van der Waals surface area contributed by atoms with Gasteiger partial charge >= 0.3 is 0 Å². The van der Waals surface area contributed by atoms with Gasteiger partial charge in [0, 0.05) is 6.04 Å². The lowest BCUT2D eigenvalue weighted by atomic mass is 10.1. The average molecular weight is 257 g/mol. The van der Waals surface area contributed by atoms with Gasteiger partial charge in [0.05, 0.1) is 6.61 Å². The van der Waals surface area contributed by atoms with Crippen LogP contribution in [0.4, 0.5) is 0 Å². The second-order valence-corrected chi connectivity index (χ2v) is 4.49. The van der Waals surface area contributed by atoms with Gasteiger partial charge in [-0.2, -0.15) is 0 Å². The predicted octanol–water partition coefficient (Wildman–Crippen LogP) is 3.38. The summed E-state index contributed by atoms with van der Waals surface area (Å²) < 4.78 is 5.72. The molecule has 0 aromatic heterocycles. The Morgan fingerprint density at radius 2 is 1.53 bits per heavy atom. The zero-order valence-electron chi connectivity index (χ0n) is 11.0. The van der Waals surface area contributed by atoms with E-state index in [1.54, 1.807) is 0 Å². The average Bonchev–Trinajstić information content (AvgIpc) is 2.48. The van der Waals surface area contributed by atoms with E-state index in [4.69, 9.17) is 15.6 Å². The van der Waals surface area contributed by atoms with Gasteiger partial charge in [-0.3, -0.25) is 0 Å². The number of hydrogen-bond donors (Lipinski definition) is 2. The van der Waals surface area contributed by atoms with Crippen LogP contribution in [0.15, 0.2) is 48.5 Å². The van der Waals surface area contributed by atoms with Gasteiger partial charge in [-0.15, -0.1) is 0 Å². The molecule has 100 valence electrons. The van der Waals surface area contributed by atoms with Gasteiger partial charge in [-0.1, -0.05) is 31.2 Å². The van der Waals surface area contributed by atoms with E-state index >= 15 is 0 Å². The molecule has 2 aromatic carbocycles. The van der Waals surface area contributed by atoms with Gasteiger partial charge in [0.2, 0.25) is 0 Å². The van der Waals surface area contributed by atoms with Crippen LogP contribution in [0.2, 0.25) is 0 Å². The molecule has 0 fully saturated rings. The number of aliphatic hydroxyl groups excluding tert-OH is 1. The molecular formula is C16H19NO2. The third-order valence-electron chi connectivity index (χ3n) is 3.09. The highest BCUT2D eigenvalue weighted by molar-refractivity contribution is 5.35. The Labute approximate surface area is 113 Å². The number of benzene rings is 2. The largest absolute Gasteiger partial charge is 0.457 e. The third kappa shape index (κ3) is 3.56. The molecule has 0 aliphatic carbocycles. The molecular weight excluding hydrogens is 238 g/mol. The van der Waals surface area contributed by atoms with Crippen LogP contribution in [-0.2, 0) is 6.61 Å². The zero-order valence-corrected chi connectivity index (χ0v) is 11.0. The molecule has 2 aromatic rings. The molecule has 0 bridgehead atoms. The first-order valence-corrected chi connectivity index (χ1v) is 6.46. The highest BCUT2D eigenvalue weighted by Crippen LogP contribution is 2.24. The maximum absolute atomic E-state index is 8.97. The van der Waals surface area contributed by atoms with Gasteiger partial charge < -0.3 is 15.6 Å². The second kappa shape index (κ2) is 6.36. The molecule has 1 atom stereocenters. The van der Waals surface area contributed by atoms with Crippen LogP contribution in [-0.4, -0.2) is 5.11 Å². The Morgan fingerprint density at radius 1 is 1.00 bits per heavy atom.